The molecular formula is C6H13NO3. The molecule has 0 aromatic heterocycles. The average Bonchev–Trinajstić information content (AvgIpc) is 2.09. The van der Waals surface area contributed by atoms with Crippen LogP contribution in [0.2, 0.25) is 0 Å². The maximum Gasteiger partial charge on any atom is 0.0988 e. The van der Waals surface area contributed by atoms with E-state index in [9.17, 15) is 5.11 Å². The van der Waals surface area contributed by atoms with Gasteiger partial charge in [0.1, 0.15) is 0 Å². The van der Waals surface area contributed by atoms with Crippen molar-refractivity contribution in [2.24, 2.45) is 0 Å². The van der Waals surface area contributed by atoms with Crippen molar-refractivity contribution in [3.8, 4) is 0 Å². The van der Waals surface area contributed by atoms with Gasteiger partial charge in [-0.05, 0) is 7.05 Å². The molecule has 0 amide bonds. The second kappa shape index (κ2) is 2.84. The third kappa shape index (κ3) is 1.15. The highest BCUT2D eigenvalue weighted by molar-refractivity contribution is 4.90. The minimum atomic E-state index is -0.796. The van der Waals surface area contributed by atoms with Crippen LogP contribution < -0.4 is 0 Å². The molecule has 0 saturated carbocycles. The molecule has 0 aromatic rings. The van der Waals surface area contributed by atoms with Crippen molar-refractivity contribution in [2.45, 2.75) is 18.2 Å². The summed E-state index contributed by atoms with van der Waals surface area (Å²) < 4.78 is 0. The SMILES string of the molecule is CN1C[C@@H](O)[C@@H](O)[C@@H]1CO. The van der Waals surface area contributed by atoms with Crippen LogP contribution >= 0.6 is 0 Å². The van der Waals surface area contributed by atoms with Crippen LogP contribution in [0.3, 0.4) is 0 Å². The maximum absolute atomic E-state index is 9.18. The normalized spacial score (nSPS) is 42.6. The molecular weight excluding hydrogens is 134 g/mol. The molecule has 0 spiro atoms. The quantitative estimate of drug-likeness (QED) is 0.402. The van der Waals surface area contributed by atoms with E-state index in [4.69, 9.17) is 10.2 Å². The molecule has 0 aliphatic carbocycles. The lowest BCUT2D eigenvalue weighted by Crippen LogP contribution is -2.36. The Bertz CT molecular complexity index is 120. The van der Waals surface area contributed by atoms with E-state index >= 15 is 0 Å². The third-order valence-electron chi connectivity index (χ3n) is 2.02. The van der Waals surface area contributed by atoms with Crippen LogP contribution in [0.25, 0.3) is 0 Å². The predicted molar refractivity (Wildman–Crippen MR) is 35.5 cm³/mol. The Hall–Kier alpha value is -0.160. The van der Waals surface area contributed by atoms with E-state index < -0.39 is 12.2 Å². The summed E-state index contributed by atoms with van der Waals surface area (Å²) in [4.78, 5) is 1.75. The van der Waals surface area contributed by atoms with Gasteiger partial charge in [0.25, 0.3) is 0 Å². The smallest absolute Gasteiger partial charge is 0.0988 e. The number of hydrogen-bond acceptors (Lipinski definition) is 4. The largest absolute Gasteiger partial charge is 0.395 e. The highest BCUT2D eigenvalue weighted by Crippen LogP contribution is 2.15. The fourth-order valence-electron chi connectivity index (χ4n) is 1.30. The first-order valence-corrected chi connectivity index (χ1v) is 3.34. The summed E-state index contributed by atoms with van der Waals surface area (Å²) in [5, 5.41) is 27.0. The van der Waals surface area contributed by atoms with E-state index in [0.29, 0.717) is 6.54 Å². The number of likely N-dealkylation sites (N-methyl/N-ethyl adjacent to an activating group) is 1. The summed E-state index contributed by atoms with van der Waals surface area (Å²) in [7, 11) is 1.76. The van der Waals surface area contributed by atoms with Crippen molar-refractivity contribution in [2.75, 3.05) is 20.2 Å². The summed E-state index contributed by atoms with van der Waals surface area (Å²) in [5.74, 6) is 0. The molecule has 3 N–H and O–H groups in total. The van der Waals surface area contributed by atoms with Gasteiger partial charge in [-0.3, -0.25) is 4.90 Å². The third-order valence-corrected chi connectivity index (χ3v) is 2.02. The summed E-state index contributed by atoms with van der Waals surface area (Å²) in [6.07, 6.45) is -1.50. The minimum Gasteiger partial charge on any atom is -0.395 e. The van der Waals surface area contributed by atoms with Crippen LogP contribution in [0, 0.1) is 0 Å². The zero-order valence-corrected chi connectivity index (χ0v) is 5.94. The molecule has 60 valence electrons. The topological polar surface area (TPSA) is 63.9 Å². The Kier molecular flexibility index (Phi) is 2.25. The van der Waals surface area contributed by atoms with Crippen LogP contribution in [0.5, 0.6) is 0 Å². The number of aliphatic hydroxyl groups is 3. The lowest BCUT2D eigenvalue weighted by Gasteiger charge is -2.18. The molecule has 0 unspecified atom stereocenters. The molecule has 4 nitrogen and oxygen atoms in total. The van der Waals surface area contributed by atoms with Crippen LogP contribution in [-0.4, -0.2) is 58.7 Å². The van der Waals surface area contributed by atoms with Gasteiger partial charge in [0.2, 0.25) is 0 Å². The molecule has 1 rings (SSSR count). The molecule has 0 bridgehead atoms. The Morgan fingerprint density at radius 3 is 2.30 bits per heavy atom. The molecule has 4 heteroatoms. The van der Waals surface area contributed by atoms with Crippen LogP contribution in [0.4, 0.5) is 0 Å². The molecule has 1 heterocycles. The number of likely N-dealkylation sites (tertiary alicyclic amines) is 1. The van der Waals surface area contributed by atoms with Gasteiger partial charge in [-0.1, -0.05) is 0 Å². The number of nitrogens with zero attached hydrogens (tertiary/aromatic N) is 1. The van der Waals surface area contributed by atoms with Gasteiger partial charge in [-0.25, -0.2) is 0 Å². The highest BCUT2D eigenvalue weighted by Gasteiger charge is 2.36. The zero-order valence-electron chi connectivity index (χ0n) is 5.94. The van der Waals surface area contributed by atoms with E-state index in [1.54, 1.807) is 11.9 Å². The molecule has 3 atom stereocenters. The van der Waals surface area contributed by atoms with E-state index in [0.717, 1.165) is 0 Å². The fraction of sp³-hybridized carbons (Fsp3) is 1.00. The Balaban J connectivity index is 2.55. The molecule has 0 radical (unpaired) electrons. The average molecular weight is 147 g/mol. The highest BCUT2D eigenvalue weighted by atomic mass is 16.3. The van der Waals surface area contributed by atoms with Gasteiger partial charge >= 0.3 is 0 Å². The minimum absolute atomic E-state index is 0.102. The number of rotatable bonds is 1. The number of aliphatic hydroxyl groups excluding tert-OH is 3. The second-order valence-corrected chi connectivity index (χ2v) is 2.75. The van der Waals surface area contributed by atoms with Crippen molar-refractivity contribution in [1.82, 2.24) is 4.90 Å². The van der Waals surface area contributed by atoms with Gasteiger partial charge < -0.3 is 15.3 Å². The first kappa shape index (κ1) is 7.94. The molecule has 1 saturated heterocycles. The van der Waals surface area contributed by atoms with Crippen LogP contribution in [0.1, 0.15) is 0 Å². The fourth-order valence-corrected chi connectivity index (χ4v) is 1.30. The number of β-amino-alcohol motifs (C(OH)–C–C–N with tert-alkyl or cyclic N) is 1. The Labute approximate surface area is 59.7 Å². The molecule has 10 heavy (non-hydrogen) atoms. The van der Waals surface area contributed by atoms with Gasteiger partial charge in [0.05, 0.1) is 24.9 Å². The van der Waals surface area contributed by atoms with Gasteiger partial charge in [0, 0.05) is 6.54 Å². The Morgan fingerprint density at radius 2 is 2.10 bits per heavy atom. The van der Waals surface area contributed by atoms with Gasteiger partial charge in [-0.2, -0.15) is 0 Å². The first-order chi connectivity index (χ1) is 4.66. The monoisotopic (exact) mass is 147 g/mol. The van der Waals surface area contributed by atoms with Crippen molar-refractivity contribution >= 4 is 0 Å². The van der Waals surface area contributed by atoms with Crippen molar-refractivity contribution in [3.05, 3.63) is 0 Å². The molecule has 1 aliphatic heterocycles. The summed E-state index contributed by atoms with van der Waals surface area (Å²) in [6.45, 7) is 0.334. The van der Waals surface area contributed by atoms with E-state index in [2.05, 4.69) is 0 Å². The van der Waals surface area contributed by atoms with Crippen LogP contribution in [0.15, 0.2) is 0 Å². The van der Waals surface area contributed by atoms with E-state index in [1.807, 2.05) is 0 Å². The van der Waals surface area contributed by atoms with Gasteiger partial charge in [-0.15, -0.1) is 0 Å². The summed E-state index contributed by atoms with van der Waals surface area (Å²) in [5.41, 5.74) is 0. The molecule has 0 aromatic carbocycles. The zero-order chi connectivity index (χ0) is 7.72. The standard InChI is InChI=1S/C6H13NO3/c1-7-2-5(9)6(10)4(7)3-8/h4-6,8-10H,2-3H2,1H3/t4-,5+,6-/m0/s1. The van der Waals surface area contributed by atoms with Crippen LogP contribution in [-0.2, 0) is 0 Å². The van der Waals surface area contributed by atoms with Crippen molar-refractivity contribution < 1.29 is 15.3 Å². The predicted octanol–water partition coefficient (Wildman–Crippen LogP) is -1.99. The second-order valence-electron chi connectivity index (χ2n) is 2.75. The Morgan fingerprint density at radius 1 is 1.50 bits per heavy atom. The number of hydrogen-bond donors (Lipinski definition) is 3. The van der Waals surface area contributed by atoms with Crippen molar-refractivity contribution in [3.63, 3.8) is 0 Å². The summed E-state index contributed by atoms with van der Waals surface area (Å²) in [6, 6.07) is -0.296. The first-order valence-electron chi connectivity index (χ1n) is 3.34. The molecule has 1 fully saturated rings. The maximum atomic E-state index is 9.18. The van der Waals surface area contributed by atoms with E-state index in [-0.39, 0.29) is 12.6 Å². The summed E-state index contributed by atoms with van der Waals surface area (Å²) >= 11 is 0. The van der Waals surface area contributed by atoms with Crippen molar-refractivity contribution in [1.29, 1.82) is 0 Å². The van der Waals surface area contributed by atoms with Gasteiger partial charge in [0.15, 0.2) is 0 Å². The van der Waals surface area contributed by atoms with E-state index in [1.165, 1.54) is 0 Å². The lowest BCUT2D eigenvalue weighted by atomic mass is 10.1. The lowest BCUT2D eigenvalue weighted by molar-refractivity contribution is 0.0237. The molecule has 1 aliphatic rings.